The van der Waals surface area contributed by atoms with Crippen molar-refractivity contribution >= 4 is 127 Å². The van der Waals surface area contributed by atoms with Gasteiger partial charge in [-0.2, -0.15) is 0 Å². The zero-order valence-electron chi connectivity index (χ0n) is 79.9. The van der Waals surface area contributed by atoms with Gasteiger partial charge in [-0.05, 0) is 142 Å². The molecule has 0 radical (unpaired) electrons. The van der Waals surface area contributed by atoms with Crippen LogP contribution in [-0.2, 0) is 94.1 Å². The third-order valence-corrected chi connectivity index (χ3v) is 25.7. The number of phenols is 1. The molecule has 3 aromatic carbocycles. The fourth-order valence-electron chi connectivity index (χ4n) is 14.7. The molecule has 5 amide bonds. The summed E-state index contributed by atoms with van der Waals surface area (Å²) in [7, 11) is 4.63. The number of unbranched alkanes of at least 4 members (excludes halogenated alkanes) is 1. The molecule has 3 aromatic heterocycles. The lowest BCUT2D eigenvalue weighted by Crippen LogP contribution is -2.52. The van der Waals surface area contributed by atoms with Gasteiger partial charge in [-0.25, -0.2) is 19.6 Å². The van der Waals surface area contributed by atoms with Crippen LogP contribution in [0.15, 0.2) is 191 Å². The predicted molar refractivity (Wildman–Crippen MR) is 527 cm³/mol. The number of fused-ring (bicyclic) bond motifs is 5. The zero-order chi connectivity index (χ0) is 101. The number of benzene rings is 3. The Morgan fingerprint density at radius 1 is 0.659 bits per heavy atom. The monoisotopic (exact) mass is 1950 g/mol. The Bertz CT molecular complexity index is 5280. The summed E-state index contributed by atoms with van der Waals surface area (Å²) in [6.45, 7) is 18.6. The highest BCUT2D eigenvalue weighted by Gasteiger charge is 2.53. The second-order valence-corrected chi connectivity index (χ2v) is 36.7. The van der Waals surface area contributed by atoms with E-state index in [1.807, 2.05) is 56.3 Å². The number of H-pyrrole nitrogens is 1. The number of hydrogen-bond acceptors (Lipinski definition) is 29. The molecule has 1 fully saturated rings. The van der Waals surface area contributed by atoms with Crippen LogP contribution in [0.4, 0.5) is 0 Å². The number of nitrogens with two attached hydrogens (primary N) is 2. The first-order chi connectivity index (χ1) is 65.3. The van der Waals surface area contributed by atoms with Crippen molar-refractivity contribution in [1.82, 2.24) is 36.2 Å². The van der Waals surface area contributed by atoms with E-state index in [4.69, 9.17) is 44.0 Å². The Morgan fingerprint density at radius 3 is 1.75 bits per heavy atom. The normalized spacial score (nSPS) is 22.1. The molecule has 6 aromatic rings. The zero-order valence-corrected chi connectivity index (χ0v) is 81.5. The summed E-state index contributed by atoms with van der Waals surface area (Å²) in [6, 6.07) is 20.4. The van der Waals surface area contributed by atoms with Crippen molar-refractivity contribution in [1.29, 1.82) is 0 Å². The lowest BCUT2D eigenvalue weighted by molar-refractivity contribution is -0.176. The molecule has 35 heteroatoms. The number of aromatic hydroxyl groups is 1. The summed E-state index contributed by atoms with van der Waals surface area (Å²) >= 11 is 0. The molecular weight excluding hydrogens is 1810 g/mol. The van der Waals surface area contributed by atoms with Gasteiger partial charge in [0.2, 0.25) is 41.3 Å². The summed E-state index contributed by atoms with van der Waals surface area (Å²) in [5.41, 5.74) is 10.8. The fraction of sp³-hybridized carbons (Fsp3) is 0.456. The first kappa shape index (κ1) is 116. The van der Waals surface area contributed by atoms with E-state index in [-0.39, 0.29) is 130 Å². The summed E-state index contributed by atoms with van der Waals surface area (Å²) in [5, 5.41) is 43.5. The molecule has 15 atom stereocenters. The maximum atomic E-state index is 14.6. The number of oxazole rings is 2. The predicted octanol–water partition coefficient (Wildman–Crippen LogP) is 13.0. The molecule has 8 rings (SSSR count). The minimum absolute atomic E-state index is 0. The van der Waals surface area contributed by atoms with Gasteiger partial charge in [0.1, 0.15) is 53.2 Å². The molecular formula is C103H135N9O24S2. The molecule has 33 nitrogen and oxygen atoms in total. The Balaban J connectivity index is 0.000000450. The molecule has 748 valence electrons. The summed E-state index contributed by atoms with van der Waals surface area (Å²) in [6.07, 6.45) is 22.6. The lowest BCUT2D eigenvalue weighted by Gasteiger charge is -2.38. The highest BCUT2D eigenvalue weighted by molar-refractivity contribution is 8.76. The van der Waals surface area contributed by atoms with Crippen LogP contribution in [0.5, 0.6) is 5.75 Å². The van der Waals surface area contributed by atoms with E-state index in [1.165, 1.54) is 87.6 Å². The van der Waals surface area contributed by atoms with E-state index in [1.54, 1.807) is 119 Å². The molecule has 138 heavy (non-hydrogen) atoms. The molecule has 4 bridgehead atoms. The maximum Gasteiger partial charge on any atom is 0.360 e. The van der Waals surface area contributed by atoms with Gasteiger partial charge in [0.15, 0.2) is 28.7 Å². The van der Waals surface area contributed by atoms with Crippen molar-refractivity contribution in [3.8, 4) is 5.75 Å². The van der Waals surface area contributed by atoms with Crippen molar-refractivity contribution in [3.63, 3.8) is 0 Å². The van der Waals surface area contributed by atoms with Crippen LogP contribution in [0.2, 0.25) is 0 Å². The fourth-order valence-corrected chi connectivity index (χ4v) is 17.2. The number of aryl methyl sites for hydroxylation is 1. The highest BCUT2D eigenvalue weighted by Crippen LogP contribution is 2.39. The number of aromatic nitrogens is 3. The number of carbonyl (C=O) groups excluding carboxylic acids is 14. The van der Waals surface area contributed by atoms with Gasteiger partial charge in [-0.3, -0.25) is 52.7 Å². The molecule has 7 unspecified atom stereocenters. The van der Waals surface area contributed by atoms with E-state index in [9.17, 15) is 82.4 Å². The van der Waals surface area contributed by atoms with Crippen LogP contribution in [-0.4, -0.2) is 200 Å². The summed E-state index contributed by atoms with van der Waals surface area (Å²) < 4.78 is 38.8. The second kappa shape index (κ2) is 59.4. The number of ether oxygens (including phenoxy) is 5. The Morgan fingerprint density at radius 2 is 1.21 bits per heavy atom. The number of ketones is 4. The smallest absolute Gasteiger partial charge is 0.360 e. The quantitative estimate of drug-likeness (QED) is 0.00658. The molecule has 12 N–H and O–H groups in total. The Kier molecular flexibility index (Phi) is 49.9. The molecule has 2 aliphatic rings. The Hall–Kier alpha value is -12.7. The van der Waals surface area contributed by atoms with Crippen molar-refractivity contribution in [2.24, 2.45) is 51.9 Å². The third kappa shape index (κ3) is 36.7. The van der Waals surface area contributed by atoms with Gasteiger partial charge in [0.05, 0.1) is 62.8 Å². The number of aromatic amines is 1. The van der Waals surface area contributed by atoms with Crippen LogP contribution in [0.1, 0.15) is 203 Å². The third-order valence-electron chi connectivity index (χ3n) is 23.2. The first-order valence-electron chi connectivity index (χ1n) is 45.5. The number of cyclic esters (lactones) is 2. The molecule has 1 saturated heterocycles. The number of nitrogens with zero attached hydrogens (tertiary/aromatic N) is 2. The largest absolute Gasteiger partial charge is 0.508 e. The number of phenolic OH excluding ortho intramolecular Hbond substituents is 1. The Labute approximate surface area is 814 Å². The van der Waals surface area contributed by atoms with Gasteiger partial charge in [0, 0.05) is 104 Å². The maximum absolute atomic E-state index is 14.6. The number of para-hydroxylation sites is 1. The SMILES string of the molecule is C.C/C=C/C(O)C(C)(C(=O)OC)C1C\C=C/C=C/C=C/c2nc(co2)C(=O)OC(C(C)(C(=O)OC)C(/C=C/C)OC(=O)CCC(=O)N[C@@H](C)CC)C\C=C/C=C/C=C/c2nc(co2)C(=O)O1.CC(=O)C[C@H]1CSSC[C@@H](C(=O)C[C@@H](C(N)=O)C(C)O)NC(=O)[C@H](C(C)C)CC(=O)[C@H](CCCCN)NC(=O)[C@@H](Cc2c[nH]c3ccccc23)CC(=O)[C@@H](Cc2ccc(O)cc2)NC1=O.Cc1ccccc1. The number of allylic oxidation sites excluding steroid dienone is 10. The average molecular weight is 1950 g/mol. The standard InChI is InChI=1S/C48H59N3O14.C47H64N6O10S2.C7H8.CH4/c1-9-22-35(52)47(5,45(57)59-7)37-24-18-14-12-16-20-27-41-51-34(31-62-41)44(56)65-38(25-19-15-13-17-21-26-40-50-33(30-61-40)43(55)64-37)48(6,46(58)60-8)36(23-10-2)63-42(54)29-28-39(53)49-32(4)11-3;1-26(2)35-21-42(58)38(11-7-8-16-48)51-45(61)30(19-31-23-50-37-10-6-5-9-34(31)37)20-41(57)39(18-29-12-14-33(56)15-13-29)52-46(62)32(17-27(3)54)24-64-65-25-40(53-47(35)63)43(59)22-36(28(4)55)44(49)60;1-7-5-3-2-4-6-7;/h9-10,12-23,26-27,30-32,35-38,52H,11,24-25,28-29H2,1-8H3,(H,49,53);5-6,9-10,12-15,23,26,28,30,32,35-36,38-40,50,55-56H,7-8,11,16-22,24-25,48H2,1-4H3,(H2,49,60)(H,51,61)(H,52,62)(H,53,63);2-6H,1H3;1H4/b16-12+,17-13+,18-14-,19-15-,22-9+,23-10+,26-21+,27-20+;;;/t32-,35?,36?,37?,38?,47?,48?;28?,30-,32-,35-,36+,38-,39+,40-;;/m00../s1. The molecule has 0 saturated carbocycles. The minimum atomic E-state index is -1.83. The average Bonchev–Trinajstić information content (AvgIpc) is 0.869. The van der Waals surface area contributed by atoms with Gasteiger partial charge >= 0.3 is 29.8 Å². The van der Waals surface area contributed by atoms with Gasteiger partial charge in [-0.1, -0.05) is 195 Å². The number of aliphatic hydroxyl groups excluding tert-OH is 2. The number of carbonyl (C=O) groups is 14. The molecule has 2 aliphatic heterocycles. The number of rotatable bonds is 30. The number of esters is 5. The summed E-state index contributed by atoms with van der Waals surface area (Å²) in [4.78, 5) is 202. The number of amides is 5. The van der Waals surface area contributed by atoms with E-state index in [0.29, 0.717) is 31.4 Å². The van der Waals surface area contributed by atoms with Crippen molar-refractivity contribution < 1.29 is 115 Å². The van der Waals surface area contributed by atoms with Crippen molar-refractivity contribution in [2.45, 2.75) is 228 Å². The molecule has 0 aliphatic carbocycles. The van der Waals surface area contributed by atoms with Crippen LogP contribution in [0.25, 0.3) is 23.1 Å². The van der Waals surface area contributed by atoms with Crippen molar-refractivity contribution in [3.05, 3.63) is 223 Å². The minimum Gasteiger partial charge on any atom is -0.508 e. The van der Waals surface area contributed by atoms with Crippen LogP contribution in [0.3, 0.4) is 0 Å². The number of nitrogens with one attached hydrogen (secondary N) is 5. The van der Waals surface area contributed by atoms with Gasteiger partial charge in [-0.15, -0.1) is 0 Å². The first-order valence-corrected chi connectivity index (χ1v) is 48.0. The van der Waals surface area contributed by atoms with Crippen molar-refractivity contribution in [2.75, 3.05) is 32.3 Å². The van der Waals surface area contributed by atoms with E-state index >= 15 is 0 Å². The van der Waals surface area contributed by atoms with E-state index in [2.05, 4.69) is 55.3 Å². The number of aliphatic hydroxyl groups is 2. The summed E-state index contributed by atoms with van der Waals surface area (Å²) in [5.74, 6) is -13.6. The molecule has 5 heterocycles. The number of primary amides is 1. The van der Waals surface area contributed by atoms with Crippen LogP contribution >= 0.6 is 21.6 Å². The number of Topliss-reactive ketones (excluding diaryl/α,β-unsaturated/α-hetero) is 4. The number of hydrogen-bond donors (Lipinski definition) is 10. The van der Waals surface area contributed by atoms with E-state index < -0.39 is 166 Å². The van der Waals surface area contributed by atoms with Gasteiger partial charge < -0.3 is 90.4 Å². The van der Waals surface area contributed by atoms with Crippen LogP contribution < -0.4 is 32.7 Å². The van der Waals surface area contributed by atoms with Crippen LogP contribution in [0, 0.1) is 47.3 Å². The second-order valence-electron chi connectivity index (χ2n) is 34.1. The topological polar surface area (TPSA) is 514 Å². The molecule has 0 spiro atoms. The van der Waals surface area contributed by atoms with Gasteiger partial charge in [0.25, 0.3) is 0 Å². The number of methoxy groups -OCH3 is 2. The van der Waals surface area contributed by atoms with E-state index in [0.717, 1.165) is 46.9 Å². The highest BCUT2D eigenvalue weighted by atomic mass is 33.1. The lowest BCUT2D eigenvalue weighted by atomic mass is 9.76.